The van der Waals surface area contributed by atoms with Crippen molar-refractivity contribution in [3.05, 3.63) is 34.1 Å². The standard InChI is InChI=1S/C21H28N4O5S/c1-27-7-2-22-21(31)25(4-3-24-5-8-28-9-6-24)13-16-10-15-11-18-19(30-14-29-18)12-17(15)23-20(16)26/h10-12H,2-9,13-14H2,1H3,(H,22,31)(H,23,26). The first-order valence-electron chi connectivity index (χ1n) is 10.4. The molecule has 2 aliphatic rings. The quantitative estimate of drug-likeness (QED) is 0.452. The van der Waals surface area contributed by atoms with Gasteiger partial charge in [-0.1, -0.05) is 0 Å². The van der Waals surface area contributed by atoms with Crippen molar-refractivity contribution in [1.82, 2.24) is 20.1 Å². The fourth-order valence-electron chi connectivity index (χ4n) is 3.68. The number of H-pyrrole nitrogens is 1. The van der Waals surface area contributed by atoms with E-state index in [2.05, 4.69) is 15.2 Å². The lowest BCUT2D eigenvalue weighted by Crippen LogP contribution is -2.46. The van der Waals surface area contributed by atoms with Crippen molar-refractivity contribution < 1.29 is 18.9 Å². The minimum atomic E-state index is -0.137. The smallest absolute Gasteiger partial charge is 0.253 e. The van der Waals surface area contributed by atoms with Gasteiger partial charge in [-0.25, -0.2) is 0 Å². The zero-order chi connectivity index (χ0) is 21.6. The minimum absolute atomic E-state index is 0.137. The topological polar surface area (TPSA) is 88.3 Å². The predicted molar refractivity (Wildman–Crippen MR) is 121 cm³/mol. The van der Waals surface area contributed by atoms with Crippen LogP contribution in [0.2, 0.25) is 0 Å². The summed E-state index contributed by atoms with van der Waals surface area (Å²) in [4.78, 5) is 20.1. The van der Waals surface area contributed by atoms with Crippen molar-refractivity contribution in [2.24, 2.45) is 0 Å². The molecule has 1 aromatic heterocycles. The van der Waals surface area contributed by atoms with Crippen molar-refractivity contribution >= 4 is 28.2 Å². The van der Waals surface area contributed by atoms with Crippen LogP contribution in [0.5, 0.6) is 11.5 Å². The van der Waals surface area contributed by atoms with Gasteiger partial charge in [0.1, 0.15) is 0 Å². The second-order valence-electron chi connectivity index (χ2n) is 7.52. The highest BCUT2D eigenvalue weighted by Gasteiger charge is 2.18. The number of benzene rings is 1. The summed E-state index contributed by atoms with van der Waals surface area (Å²) >= 11 is 5.63. The molecule has 2 aromatic rings. The molecule has 1 saturated heterocycles. The number of fused-ring (bicyclic) bond motifs is 2. The zero-order valence-corrected chi connectivity index (χ0v) is 18.5. The molecule has 168 valence electrons. The molecule has 0 aliphatic carbocycles. The normalized spacial score (nSPS) is 15.9. The summed E-state index contributed by atoms with van der Waals surface area (Å²) < 4.78 is 21.4. The molecule has 10 heteroatoms. The van der Waals surface area contributed by atoms with E-state index >= 15 is 0 Å². The second kappa shape index (κ2) is 10.3. The van der Waals surface area contributed by atoms with Crippen molar-refractivity contribution in [2.75, 3.05) is 66.4 Å². The number of nitrogens with one attached hydrogen (secondary N) is 2. The number of morpholine rings is 1. The number of pyridine rings is 1. The van der Waals surface area contributed by atoms with Crippen LogP contribution in [0, 0.1) is 0 Å². The molecular formula is C21H28N4O5S. The third kappa shape index (κ3) is 5.45. The number of aromatic amines is 1. The van der Waals surface area contributed by atoms with Gasteiger partial charge in [0.15, 0.2) is 16.6 Å². The van der Waals surface area contributed by atoms with Gasteiger partial charge in [-0.15, -0.1) is 0 Å². The summed E-state index contributed by atoms with van der Waals surface area (Å²) in [5, 5.41) is 4.72. The van der Waals surface area contributed by atoms with E-state index in [9.17, 15) is 4.79 Å². The van der Waals surface area contributed by atoms with Gasteiger partial charge in [0.05, 0.1) is 31.9 Å². The number of rotatable bonds is 8. The van der Waals surface area contributed by atoms with Gasteiger partial charge >= 0.3 is 0 Å². The van der Waals surface area contributed by atoms with Crippen molar-refractivity contribution in [3.8, 4) is 11.5 Å². The Morgan fingerprint density at radius 2 is 2.03 bits per heavy atom. The fraction of sp³-hybridized carbons (Fsp3) is 0.524. The van der Waals surface area contributed by atoms with Crippen LogP contribution in [0.4, 0.5) is 0 Å². The number of thiocarbonyl (C=S) groups is 1. The Morgan fingerprint density at radius 3 is 2.81 bits per heavy atom. The monoisotopic (exact) mass is 448 g/mol. The Labute approximate surface area is 186 Å². The molecule has 9 nitrogen and oxygen atoms in total. The zero-order valence-electron chi connectivity index (χ0n) is 17.6. The lowest BCUT2D eigenvalue weighted by molar-refractivity contribution is 0.0357. The molecule has 31 heavy (non-hydrogen) atoms. The molecule has 1 fully saturated rings. The molecule has 4 rings (SSSR count). The van der Waals surface area contributed by atoms with E-state index < -0.39 is 0 Å². The SMILES string of the molecule is COCCNC(=S)N(CCN1CCOCC1)Cc1cc2cc3c(cc2[nH]c1=O)OCO3. The molecular weight excluding hydrogens is 420 g/mol. The van der Waals surface area contributed by atoms with E-state index in [1.807, 2.05) is 17.0 Å². The summed E-state index contributed by atoms with van der Waals surface area (Å²) in [5.41, 5.74) is 1.23. The molecule has 0 bridgehead atoms. The van der Waals surface area contributed by atoms with Gasteiger partial charge < -0.3 is 34.1 Å². The van der Waals surface area contributed by atoms with Crippen LogP contribution in [0.15, 0.2) is 23.0 Å². The molecule has 0 unspecified atom stereocenters. The second-order valence-corrected chi connectivity index (χ2v) is 7.90. The van der Waals surface area contributed by atoms with E-state index in [0.29, 0.717) is 48.4 Å². The first-order chi connectivity index (χ1) is 15.1. The van der Waals surface area contributed by atoms with Crippen LogP contribution >= 0.6 is 12.2 Å². The van der Waals surface area contributed by atoms with Gasteiger partial charge in [-0.3, -0.25) is 9.69 Å². The predicted octanol–water partition coefficient (Wildman–Crippen LogP) is 0.912. The molecule has 2 aliphatic heterocycles. The van der Waals surface area contributed by atoms with Gasteiger partial charge in [-0.2, -0.15) is 0 Å². The lowest BCUT2D eigenvalue weighted by atomic mass is 10.1. The number of ether oxygens (including phenoxy) is 4. The van der Waals surface area contributed by atoms with Crippen LogP contribution in [0.25, 0.3) is 10.9 Å². The number of hydrogen-bond acceptors (Lipinski definition) is 7. The van der Waals surface area contributed by atoms with Crippen LogP contribution in [0.1, 0.15) is 5.56 Å². The van der Waals surface area contributed by atoms with Crippen molar-refractivity contribution in [1.29, 1.82) is 0 Å². The van der Waals surface area contributed by atoms with E-state index in [4.69, 9.17) is 31.2 Å². The molecule has 2 N–H and O–H groups in total. The summed E-state index contributed by atoms with van der Waals surface area (Å²) in [7, 11) is 1.65. The van der Waals surface area contributed by atoms with E-state index in [1.54, 1.807) is 13.2 Å². The summed E-state index contributed by atoms with van der Waals surface area (Å²) in [6.45, 7) is 6.62. The van der Waals surface area contributed by atoms with Gasteiger partial charge in [0.2, 0.25) is 6.79 Å². The number of hydrogen-bond donors (Lipinski definition) is 2. The van der Waals surface area contributed by atoms with Gasteiger partial charge in [0, 0.05) is 56.8 Å². The van der Waals surface area contributed by atoms with Crippen molar-refractivity contribution in [2.45, 2.75) is 6.54 Å². The summed E-state index contributed by atoms with van der Waals surface area (Å²) in [6.07, 6.45) is 0. The maximum Gasteiger partial charge on any atom is 0.253 e. The van der Waals surface area contributed by atoms with Crippen LogP contribution in [-0.2, 0) is 16.0 Å². The third-order valence-corrected chi connectivity index (χ3v) is 5.84. The molecule has 0 radical (unpaired) electrons. The summed E-state index contributed by atoms with van der Waals surface area (Å²) in [5.74, 6) is 1.33. The molecule has 0 saturated carbocycles. The highest BCUT2D eigenvalue weighted by molar-refractivity contribution is 7.80. The van der Waals surface area contributed by atoms with E-state index in [0.717, 1.165) is 43.8 Å². The number of methoxy groups -OCH3 is 1. The Bertz CT molecular complexity index is 976. The maximum absolute atomic E-state index is 12.8. The average molecular weight is 449 g/mol. The number of nitrogens with zero attached hydrogens (tertiary/aromatic N) is 2. The van der Waals surface area contributed by atoms with Gasteiger partial charge in [0.25, 0.3) is 5.56 Å². The Morgan fingerprint density at radius 1 is 1.26 bits per heavy atom. The van der Waals surface area contributed by atoms with Crippen LogP contribution in [-0.4, -0.2) is 86.3 Å². The first kappa shape index (κ1) is 21.8. The van der Waals surface area contributed by atoms with Crippen LogP contribution < -0.4 is 20.3 Å². The largest absolute Gasteiger partial charge is 0.454 e. The highest BCUT2D eigenvalue weighted by atomic mass is 32.1. The Hall–Kier alpha value is -2.40. The van der Waals surface area contributed by atoms with E-state index in [-0.39, 0.29) is 12.4 Å². The first-order valence-corrected chi connectivity index (χ1v) is 10.8. The molecule has 0 amide bonds. The average Bonchev–Trinajstić information content (AvgIpc) is 3.23. The molecule has 1 aromatic carbocycles. The molecule has 0 spiro atoms. The van der Waals surface area contributed by atoms with Crippen LogP contribution in [0.3, 0.4) is 0 Å². The lowest BCUT2D eigenvalue weighted by Gasteiger charge is -2.31. The highest BCUT2D eigenvalue weighted by Crippen LogP contribution is 2.35. The minimum Gasteiger partial charge on any atom is -0.454 e. The molecule has 0 atom stereocenters. The summed E-state index contributed by atoms with van der Waals surface area (Å²) in [6, 6.07) is 5.59. The Balaban J connectivity index is 1.52. The molecule has 3 heterocycles. The van der Waals surface area contributed by atoms with Gasteiger partial charge in [-0.05, 0) is 24.4 Å². The maximum atomic E-state index is 12.8. The van der Waals surface area contributed by atoms with E-state index in [1.165, 1.54) is 0 Å². The Kier molecular flexibility index (Phi) is 7.23. The van der Waals surface area contributed by atoms with Crippen molar-refractivity contribution in [3.63, 3.8) is 0 Å². The fourth-order valence-corrected chi connectivity index (χ4v) is 3.93. The number of aromatic nitrogens is 1. The third-order valence-electron chi connectivity index (χ3n) is 5.44.